The van der Waals surface area contributed by atoms with Crippen molar-refractivity contribution in [1.29, 1.82) is 0 Å². The Morgan fingerprint density at radius 3 is 2.38 bits per heavy atom. The van der Waals surface area contributed by atoms with Gasteiger partial charge in [0, 0.05) is 17.4 Å². The summed E-state index contributed by atoms with van der Waals surface area (Å²) in [4.78, 5) is 0. The first-order chi connectivity index (χ1) is 10.3. The van der Waals surface area contributed by atoms with E-state index < -0.39 is 0 Å². The van der Waals surface area contributed by atoms with Gasteiger partial charge < -0.3 is 9.73 Å². The van der Waals surface area contributed by atoms with Crippen LogP contribution < -0.4 is 5.32 Å². The van der Waals surface area contributed by atoms with E-state index in [2.05, 4.69) is 61.6 Å². The van der Waals surface area contributed by atoms with E-state index in [1.807, 2.05) is 12.1 Å². The normalized spacial score (nSPS) is 12.7. The Labute approximate surface area is 125 Å². The van der Waals surface area contributed by atoms with Crippen LogP contribution in [0.5, 0.6) is 0 Å². The maximum Gasteiger partial charge on any atom is 0.134 e. The molecule has 1 unspecified atom stereocenters. The van der Waals surface area contributed by atoms with Crippen molar-refractivity contribution in [2.24, 2.45) is 0 Å². The van der Waals surface area contributed by atoms with Crippen molar-refractivity contribution in [2.45, 2.75) is 26.3 Å². The van der Waals surface area contributed by atoms with E-state index in [1.54, 1.807) is 0 Å². The van der Waals surface area contributed by atoms with Gasteiger partial charge in [-0.2, -0.15) is 0 Å². The summed E-state index contributed by atoms with van der Waals surface area (Å²) < 4.78 is 6.06. The standard InChI is InChI=1S/C19H21NO/c1-3-16-18(15-12-8-9-13-17(15)21-16)19(20-4-2)14-10-6-5-7-11-14/h5-13,19-20H,3-4H2,1-2H3. The number of furan rings is 1. The molecule has 21 heavy (non-hydrogen) atoms. The summed E-state index contributed by atoms with van der Waals surface area (Å²) in [5, 5.41) is 4.82. The van der Waals surface area contributed by atoms with Gasteiger partial charge >= 0.3 is 0 Å². The van der Waals surface area contributed by atoms with E-state index in [0.717, 1.165) is 24.3 Å². The van der Waals surface area contributed by atoms with E-state index in [9.17, 15) is 0 Å². The summed E-state index contributed by atoms with van der Waals surface area (Å²) >= 11 is 0. The highest BCUT2D eigenvalue weighted by Gasteiger charge is 2.22. The Morgan fingerprint density at radius 2 is 1.67 bits per heavy atom. The molecule has 2 nitrogen and oxygen atoms in total. The molecule has 0 aliphatic heterocycles. The van der Waals surface area contributed by atoms with E-state index in [4.69, 9.17) is 4.42 Å². The van der Waals surface area contributed by atoms with Crippen molar-refractivity contribution in [1.82, 2.24) is 5.32 Å². The number of benzene rings is 2. The summed E-state index contributed by atoms with van der Waals surface area (Å²) in [6, 6.07) is 19.1. The van der Waals surface area contributed by atoms with Crippen LogP contribution in [0.15, 0.2) is 59.0 Å². The first-order valence-electron chi connectivity index (χ1n) is 7.63. The monoisotopic (exact) mass is 279 g/mol. The molecule has 0 amide bonds. The summed E-state index contributed by atoms with van der Waals surface area (Å²) in [5.74, 6) is 1.08. The van der Waals surface area contributed by atoms with Crippen LogP contribution in [0.4, 0.5) is 0 Å². The SMILES string of the molecule is CCNC(c1ccccc1)c1c(CC)oc2ccccc12. The third-order valence-electron chi connectivity index (χ3n) is 3.86. The van der Waals surface area contributed by atoms with E-state index in [0.29, 0.717) is 0 Å². The molecule has 0 bridgehead atoms. The van der Waals surface area contributed by atoms with Gasteiger partial charge in [0.2, 0.25) is 0 Å². The Bertz CT molecular complexity index is 715. The molecule has 0 fully saturated rings. The van der Waals surface area contributed by atoms with Crippen molar-refractivity contribution < 1.29 is 4.42 Å². The van der Waals surface area contributed by atoms with Crippen molar-refractivity contribution in [2.75, 3.05) is 6.54 Å². The second-order valence-corrected chi connectivity index (χ2v) is 5.19. The largest absolute Gasteiger partial charge is 0.461 e. The Balaban J connectivity index is 2.19. The molecule has 2 aromatic carbocycles. The van der Waals surface area contributed by atoms with Gasteiger partial charge in [-0.3, -0.25) is 0 Å². The summed E-state index contributed by atoms with van der Waals surface area (Å²) in [5.41, 5.74) is 3.53. The number of nitrogens with one attached hydrogen (secondary N) is 1. The second-order valence-electron chi connectivity index (χ2n) is 5.19. The van der Waals surface area contributed by atoms with Gasteiger partial charge in [-0.25, -0.2) is 0 Å². The van der Waals surface area contributed by atoms with Crippen LogP contribution in [0.1, 0.15) is 36.8 Å². The van der Waals surface area contributed by atoms with E-state index >= 15 is 0 Å². The van der Waals surface area contributed by atoms with Crippen LogP contribution >= 0.6 is 0 Å². The average Bonchev–Trinajstić information content (AvgIpc) is 2.92. The topological polar surface area (TPSA) is 25.2 Å². The molecule has 3 rings (SSSR count). The van der Waals surface area contributed by atoms with Crippen molar-refractivity contribution >= 4 is 11.0 Å². The van der Waals surface area contributed by atoms with Crippen LogP contribution in [0.3, 0.4) is 0 Å². The fourth-order valence-corrected chi connectivity index (χ4v) is 2.93. The minimum Gasteiger partial charge on any atom is -0.461 e. The quantitative estimate of drug-likeness (QED) is 0.732. The summed E-state index contributed by atoms with van der Waals surface area (Å²) in [6.07, 6.45) is 0.902. The first-order valence-corrected chi connectivity index (χ1v) is 7.63. The second kappa shape index (κ2) is 6.15. The highest BCUT2D eigenvalue weighted by Crippen LogP contribution is 2.34. The Kier molecular flexibility index (Phi) is 4.07. The summed E-state index contributed by atoms with van der Waals surface area (Å²) in [6.45, 7) is 5.21. The van der Waals surface area contributed by atoms with Gasteiger partial charge in [0.05, 0.1) is 6.04 Å². The van der Waals surface area contributed by atoms with E-state index in [-0.39, 0.29) is 6.04 Å². The van der Waals surface area contributed by atoms with Crippen molar-refractivity contribution in [3.05, 3.63) is 71.5 Å². The number of aryl methyl sites for hydroxylation is 1. The van der Waals surface area contributed by atoms with Crippen LogP contribution in [0, 0.1) is 0 Å². The molecule has 1 heterocycles. The zero-order valence-corrected chi connectivity index (χ0v) is 12.6. The molecule has 0 aliphatic carbocycles. The van der Waals surface area contributed by atoms with Gasteiger partial charge in [0.1, 0.15) is 11.3 Å². The van der Waals surface area contributed by atoms with Crippen LogP contribution in [-0.2, 0) is 6.42 Å². The molecule has 108 valence electrons. The smallest absolute Gasteiger partial charge is 0.134 e. The first kappa shape index (κ1) is 13.9. The lowest BCUT2D eigenvalue weighted by Crippen LogP contribution is -2.22. The highest BCUT2D eigenvalue weighted by molar-refractivity contribution is 5.83. The predicted molar refractivity (Wildman–Crippen MR) is 87.6 cm³/mol. The molecule has 0 aliphatic rings. The average molecular weight is 279 g/mol. The molecule has 1 atom stereocenters. The third kappa shape index (κ3) is 2.59. The number of rotatable bonds is 5. The lowest BCUT2D eigenvalue weighted by molar-refractivity contribution is 0.533. The summed E-state index contributed by atoms with van der Waals surface area (Å²) in [7, 11) is 0. The minimum absolute atomic E-state index is 0.176. The number of hydrogen-bond donors (Lipinski definition) is 1. The molecule has 1 aromatic heterocycles. The fraction of sp³-hybridized carbons (Fsp3) is 0.263. The molecule has 0 saturated carbocycles. The van der Waals surface area contributed by atoms with Gasteiger partial charge in [-0.15, -0.1) is 0 Å². The van der Waals surface area contributed by atoms with Gasteiger partial charge in [-0.05, 0) is 18.2 Å². The van der Waals surface area contributed by atoms with Gasteiger partial charge in [0.15, 0.2) is 0 Å². The zero-order valence-electron chi connectivity index (χ0n) is 12.6. The number of para-hydroxylation sites is 1. The molecule has 2 heteroatoms. The maximum absolute atomic E-state index is 6.06. The van der Waals surface area contributed by atoms with Gasteiger partial charge in [0.25, 0.3) is 0 Å². The predicted octanol–water partition coefficient (Wildman–Crippen LogP) is 4.69. The molecular formula is C19H21NO. The molecule has 0 saturated heterocycles. The van der Waals surface area contributed by atoms with Crippen molar-refractivity contribution in [3.8, 4) is 0 Å². The third-order valence-corrected chi connectivity index (χ3v) is 3.86. The number of hydrogen-bond acceptors (Lipinski definition) is 2. The van der Waals surface area contributed by atoms with Crippen LogP contribution in [-0.4, -0.2) is 6.54 Å². The van der Waals surface area contributed by atoms with Crippen LogP contribution in [0.25, 0.3) is 11.0 Å². The minimum atomic E-state index is 0.176. The molecule has 0 radical (unpaired) electrons. The molecule has 0 spiro atoms. The van der Waals surface area contributed by atoms with E-state index in [1.165, 1.54) is 16.5 Å². The fourth-order valence-electron chi connectivity index (χ4n) is 2.93. The molecule has 1 N–H and O–H groups in total. The molecule has 3 aromatic rings. The van der Waals surface area contributed by atoms with Crippen LogP contribution in [0.2, 0.25) is 0 Å². The Hall–Kier alpha value is -2.06. The zero-order chi connectivity index (χ0) is 14.7. The van der Waals surface area contributed by atoms with Crippen molar-refractivity contribution in [3.63, 3.8) is 0 Å². The number of fused-ring (bicyclic) bond motifs is 1. The highest BCUT2D eigenvalue weighted by atomic mass is 16.3. The lowest BCUT2D eigenvalue weighted by atomic mass is 9.95. The maximum atomic E-state index is 6.06. The molecular weight excluding hydrogens is 258 g/mol. The Morgan fingerprint density at radius 1 is 0.952 bits per heavy atom. The van der Waals surface area contributed by atoms with Gasteiger partial charge in [-0.1, -0.05) is 62.4 Å². The lowest BCUT2D eigenvalue weighted by Gasteiger charge is -2.19.